The summed E-state index contributed by atoms with van der Waals surface area (Å²) in [6.07, 6.45) is 2.23. The minimum absolute atomic E-state index is 1.11. The molecule has 0 aliphatic rings. The fourth-order valence-electron chi connectivity index (χ4n) is 1.76. The van der Waals surface area contributed by atoms with Crippen molar-refractivity contribution < 1.29 is 0 Å². The molecule has 0 saturated heterocycles. The lowest BCUT2D eigenvalue weighted by Crippen LogP contribution is -2.03. The van der Waals surface area contributed by atoms with Crippen LogP contribution in [0, 0.1) is 0 Å². The number of aryl methyl sites for hydroxylation is 2. The summed E-state index contributed by atoms with van der Waals surface area (Å²) in [4.78, 5) is 0. The van der Waals surface area contributed by atoms with Crippen molar-refractivity contribution in [2.24, 2.45) is 0 Å². The van der Waals surface area contributed by atoms with E-state index in [9.17, 15) is 0 Å². The molecule has 0 aliphatic heterocycles. The second-order valence-electron chi connectivity index (χ2n) is 4.15. The van der Waals surface area contributed by atoms with Gasteiger partial charge in [-0.25, -0.2) is 0 Å². The van der Waals surface area contributed by atoms with Gasteiger partial charge in [-0.05, 0) is 43.2 Å². The minimum atomic E-state index is 1.11. The van der Waals surface area contributed by atoms with Crippen molar-refractivity contribution in [2.75, 3.05) is 0 Å². The Hall–Kier alpha value is -1.13. The number of hydrogen-bond donors (Lipinski definition) is 0. The first kappa shape index (κ1) is 12.3. The molecule has 1 heteroatoms. The smallest absolute Gasteiger partial charge is 0.0100 e. The molecule has 0 spiro atoms. The standard InChI is InChI=1S/C16H18P/c1-3-13-5-9-15(10-6-13)17-16-11-7-14(4-2)8-12-16/h5-12H,3-4H2,1-2H3. The van der Waals surface area contributed by atoms with Gasteiger partial charge < -0.3 is 0 Å². The van der Waals surface area contributed by atoms with Crippen molar-refractivity contribution in [3.8, 4) is 0 Å². The Bertz CT molecular complexity index is 408. The highest BCUT2D eigenvalue weighted by atomic mass is 31.1. The van der Waals surface area contributed by atoms with Gasteiger partial charge in [-0.1, -0.05) is 62.4 Å². The molecule has 0 nitrogen and oxygen atoms in total. The van der Waals surface area contributed by atoms with Crippen LogP contribution in [-0.2, 0) is 12.8 Å². The molecule has 0 saturated carbocycles. The largest absolute Gasteiger partial charge is 0.0613 e. The average Bonchev–Trinajstić information content (AvgIpc) is 2.40. The first-order chi connectivity index (χ1) is 8.31. The van der Waals surface area contributed by atoms with Crippen LogP contribution in [0.2, 0.25) is 0 Å². The zero-order valence-corrected chi connectivity index (χ0v) is 11.4. The lowest BCUT2D eigenvalue weighted by Gasteiger charge is -2.03. The van der Waals surface area contributed by atoms with Crippen molar-refractivity contribution in [3.63, 3.8) is 0 Å². The van der Waals surface area contributed by atoms with Gasteiger partial charge in [0.2, 0.25) is 0 Å². The summed E-state index contributed by atoms with van der Waals surface area (Å²) < 4.78 is 0. The zero-order valence-electron chi connectivity index (χ0n) is 10.5. The Balaban J connectivity index is 2.08. The lowest BCUT2D eigenvalue weighted by molar-refractivity contribution is 1.14. The van der Waals surface area contributed by atoms with E-state index >= 15 is 0 Å². The monoisotopic (exact) mass is 241 g/mol. The van der Waals surface area contributed by atoms with Gasteiger partial charge >= 0.3 is 0 Å². The Kier molecular flexibility index (Phi) is 4.34. The van der Waals surface area contributed by atoms with E-state index in [1.165, 1.54) is 30.3 Å². The van der Waals surface area contributed by atoms with Gasteiger partial charge in [0, 0.05) is 0 Å². The van der Waals surface area contributed by atoms with Crippen LogP contribution in [0.4, 0.5) is 0 Å². The van der Waals surface area contributed by atoms with Crippen LogP contribution < -0.4 is 10.6 Å². The summed E-state index contributed by atoms with van der Waals surface area (Å²) >= 11 is 0. The van der Waals surface area contributed by atoms with Crippen LogP contribution in [0.5, 0.6) is 0 Å². The summed E-state index contributed by atoms with van der Waals surface area (Å²) in [6.45, 7) is 4.38. The normalized spacial score (nSPS) is 10.5. The number of benzene rings is 2. The third kappa shape index (κ3) is 3.41. The minimum Gasteiger partial charge on any atom is -0.0613 e. The summed E-state index contributed by atoms with van der Waals surface area (Å²) in [5.74, 6) is 0. The van der Waals surface area contributed by atoms with Gasteiger partial charge in [-0.2, -0.15) is 0 Å². The van der Waals surface area contributed by atoms with Crippen LogP contribution in [0.1, 0.15) is 25.0 Å². The molecule has 1 radical (unpaired) electrons. The van der Waals surface area contributed by atoms with Crippen LogP contribution in [-0.4, -0.2) is 0 Å². The lowest BCUT2D eigenvalue weighted by atomic mass is 10.2. The highest BCUT2D eigenvalue weighted by molar-refractivity contribution is 7.55. The molecule has 0 aliphatic carbocycles. The Morgan fingerprint density at radius 3 is 1.29 bits per heavy atom. The molecule has 0 amide bonds. The van der Waals surface area contributed by atoms with Gasteiger partial charge in [0.1, 0.15) is 0 Å². The van der Waals surface area contributed by atoms with Gasteiger partial charge in [0.15, 0.2) is 0 Å². The van der Waals surface area contributed by atoms with Gasteiger partial charge in [-0.15, -0.1) is 0 Å². The summed E-state index contributed by atoms with van der Waals surface area (Å²) in [5, 5.41) is 2.73. The molecule has 0 fully saturated rings. The van der Waals surface area contributed by atoms with Crippen LogP contribution in [0.15, 0.2) is 48.5 Å². The van der Waals surface area contributed by atoms with E-state index in [4.69, 9.17) is 0 Å². The quantitative estimate of drug-likeness (QED) is 0.716. The molecule has 2 aromatic carbocycles. The molecule has 87 valence electrons. The topological polar surface area (TPSA) is 0 Å². The molecule has 0 unspecified atom stereocenters. The van der Waals surface area contributed by atoms with E-state index in [0.717, 1.165) is 12.8 Å². The second-order valence-corrected chi connectivity index (χ2v) is 5.41. The molecular formula is C16H18P. The average molecular weight is 241 g/mol. The third-order valence-corrected chi connectivity index (χ3v) is 4.06. The van der Waals surface area contributed by atoms with Crippen molar-refractivity contribution in [1.29, 1.82) is 0 Å². The summed E-state index contributed by atoms with van der Waals surface area (Å²) in [5.41, 5.74) is 2.82. The highest BCUT2D eigenvalue weighted by Crippen LogP contribution is 2.12. The maximum Gasteiger partial charge on any atom is -0.0100 e. The predicted molar refractivity (Wildman–Crippen MR) is 77.8 cm³/mol. The van der Waals surface area contributed by atoms with E-state index < -0.39 is 0 Å². The van der Waals surface area contributed by atoms with Crippen LogP contribution in [0.25, 0.3) is 0 Å². The van der Waals surface area contributed by atoms with Gasteiger partial charge in [0.05, 0.1) is 0 Å². The fraction of sp³-hybridized carbons (Fsp3) is 0.250. The Labute approximate surface area is 106 Å². The molecule has 0 aromatic heterocycles. The molecule has 0 heterocycles. The second kappa shape index (κ2) is 5.98. The van der Waals surface area contributed by atoms with Crippen molar-refractivity contribution in [3.05, 3.63) is 59.7 Å². The first-order valence-electron chi connectivity index (χ1n) is 6.21. The van der Waals surface area contributed by atoms with E-state index in [0.29, 0.717) is 0 Å². The van der Waals surface area contributed by atoms with E-state index in [2.05, 4.69) is 62.4 Å². The molecule has 0 bridgehead atoms. The summed E-state index contributed by atoms with van der Waals surface area (Å²) in [6, 6.07) is 17.8. The molecule has 0 N–H and O–H groups in total. The molecular weight excluding hydrogens is 223 g/mol. The van der Waals surface area contributed by atoms with E-state index in [-0.39, 0.29) is 0 Å². The van der Waals surface area contributed by atoms with Crippen molar-refractivity contribution >= 4 is 19.2 Å². The molecule has 2 aromatic rings. The number of hydrogen-bond acceptors (Lipinski definition) is 0. The van der Waals surface area contributed by atoms with Gasteiger partial charge in [0.25, 0.3) is 0 Å². The zero-order chi connectivity index (χ0) is 12.1. The maximum absolute atomic E-state index is 2.23. The highest BCUT2D eigenvalue weighted by Gasteiger charge is 1.98. The fourth-order valence-corrected chi connectivity index (χ4v) is 2.66. The Morgan fingerprint density at radius 2 is 1.00 bits per heavy atom. The predicted octanol–water partition coefficient (Wildman–Crippen LogP) is 3.71. The first-order valence-corrected chi connectivity index (χ1v) is 7.11. The van der Waals surface area contributed by atoms with Crippen molar-refractivity contribution in [1.82, 2.24) is 0 Å². The van der Waals surface area contributed by atoms with Gasteiger partial charge in [-0.3, -0.25) is 0 Å². The molecule has 0 atom stereocenters. The third-order valence-electron chi connectivity index (χ3n) is 2.95. The van der Waals surface area contributed by atoms with E-state index in [1.807, 2.05) is 0 Å². The van der Waals surface area contributed by atoms with Crippen LogP contribution in [0.3, 0.4) is 0 Å². The SMILES string of the molecule is CCc1ccc([P]c2ccc(CC)cc2)cc1. The molecule has 17 heavy (non-hydrogen) atoms. The molecule has 2 rings (SSSR count). The van der Waals surface area contributed by atoms with Crippen LogP contribution >= 0.6 is 8.58 Å². The van der Waals surface area contributed by atoms with E-state index in [1.54, 1.807) is 0 Å². The maximum atomic E-state index is 2.23. The summed E-state index contributed by atoms with van der Waals surface area (Å²) in [7, 11) is 1.30. The Morgan fingerprint density at radius 1 is 0.647 bits per heavy atom. The number of rotatable bonds is 4. The van der Waals surface area contributed by atoms with Crippen molar-refractivity contribution in [2.45, 2.75) is 26.7 Å².